The number of fused-ring (bicyclic) bond motifs is 9. The van der Waals surface area contributed by atoms with E-state index in [0.717, 1.165) is 21.9 Å². The van der Waals surface area contributed by atoms with Gasteiger partial charge in [-0.05, 0) is 90.4 Å². The Kier molecular flexibility index (Phi) is 7.02. The minimum Gasteiger partial charge on any atom is -0.497 e. The van der Waals surface area contributed by atoms with Gasteiger partial charge in [-0.15, -0.1) is 11.8 Å². The quantitative estimate of drug-likeness (QED) is 0.260. The molecule has 0 radical (unpaired) electrons. The fraction of sp³-hybridized carbons (Fsp3) is 0.294. The molecule has 12 heteroatoms. The average molecular weight is 658 g/mol. The van der Waals surface area contributed by atoms with Crippen molar-refractivity contribution in [2.45, 2.75) is 22.6 Å². The number of hydrogen-bond donors (Lipinski definition) is 2. The molecule has 3 amide bonds. The molecule has 2 aliphatic carbocycles. The maximum Gasteiger partial charge on any atom is 0.305 e. The van der Waals surface area contributed by atoms with E-state index in [0.29, 0.717) is 22.9 Å². The number of methoxy groups -OCH3 is 1. The lowest BCUT2D eigenvalue weighted by Crippen LogP contribution is -2.42. The highest BCUT2D eigenvalue weighted by Gasteiger charge is 2.69. The van der Waals surface area contributed by atoms with Crippen molar-refractivity contribution in [2.75, 3.05) is 23.9 Å². The molecule has 2 bridgehead atoms. The maximum atomic E-state index is 13.9. The summed E-state index contributed by atoms with van der Waals surface area (Å²) in [6, 6.07) is 20.0. The third kappa shape index (κ3) is 4.65. The van der Waals surface area contributed by atoms with Crippen molar-refractivity contribution in [2.24, 2.45) is 29.6 Å². The molecule has 1 aromatic heterocycles. The number of halogens is 1. The summed E-state index contributed by atoms with van der Waals surface area (Å²) in [7, 11) is 1.58. The van der Waals surface area contributed by atoms with E-state index in [1.807, 2.05) is 18.2 Å². The van der Waals surface area contributed by atoms with Gasteiger partial charge in [-0.1, -0.05) is 23.5 Å². The van der Waals surface area contributed by atoms with Crippen LogP contribution in [0.25, 0.3) is 0 Å². The highest BCUT2D eigenvalue weighted by Crippen LogP contribution is 2.68. The topological polar surface area (TPSA) is 118 Å². The van der Waals surface area contributed by atoms with Crippen LogP contribution in [0.5, 0.6) is 11.5 Å². The first kappa shape index (κ1) is 29.0. The lowest BCUT2D eigenvalue weighted by molar-refractivity contribution is -0.123. The molecule has 9 nitrogen and oxygen atoms in total. The molecule has 2 N–H and O–H groups in total. The van der Waals surface area contributed by atoms with E-state index >= 15 is 0 Å². The number of nitrogens with zero attached hydrogens (tertiary/aromatic N) is 1. The third-order valence-corrected chi connectivity index (χ3v) is 12.4. The van der Waals surface area contributed by atoms with Gasteiger partial charge in [0.25, 0.3) is 5.91 Å². The zero-order valence-electron chi connectivity index (χ0n) is 24.5. The number of amides is 3. The highest BCUT2D eigenvalue weighted by atomic mass is 32.2. The Bertz CT molecular complexity index is 1930. The number of anilines is 2. The summed E-state index contributed by atoms with van der Waals surface area (Å²) >= 11 is 2.79. The third-order valence-electron chi connectivity index (χ3n) is 9.77. The van der Waals surface area contributed by atoms with Crippen LogP contribution in [0, 0.1) is 35.4 Å². The molecule has 3 heterocycles. The smallest absolute Gasteiger partial charge is 0.305 e. The zero-order chi connectivity index (χ0) is 31.7. The second kappa shape index (κ2) is 11.1. The number of carbonyl (C=O) groups excluding carboxylic acids is 3. The molecule has 6 unspecified atom stereocenters. The van der Waals surface area contributed by atoms with E-state index in [2.05, 4.69) is 10.3 Å². The molecule has 46 heavy (non-hydrogen) atoms. The largest absolute Gasteiger partial charge is 0.497 e. The van der Waals surface area contributed by atoms with Gasteiger partial charge >= 0.3 is 4.87 Å². The molecule has 8 rings (SSSR count). The number of aromatic nitrogens is 1. The van der Waals surface area contributed by atoms with E-state index in [-0.39, 0.29) is 58.1 Å². The molecule has 4 aromatic rings. The van der Waals surface area contributed by atoms with Crippen LogP contribution < -0.4 is 24.6 Å². The van der Waals surface area contributed by atoms with Crippen LogP contribution in [-0.2, 0) is 14.4 Å². The van der Waals surface area contributed by atoms with Gasteiger partial charge < -0.3 is 19.8 Å². The monoisotopic (exact) mass is 657 g/mol. The first-order valence-corrected chi connectivity index (χ1v) is 16.7. The summed E-state index contributed by atoms with van der Waals surface area (Å²) in [6.07, 6.45) is 0.754. The minimum atomic E-state index is -0.467. The number of thiazole rings is 1. The summed E-state index contributed by atoms with van der Waals surface area (Å²) in [5.41, 5.74) is 1.94. The van der Waals surface area contributed by atoms with Gasteiger partial charge in [-0.3, -0.25) is 24.1 Å². The minimum absolute atomic E-state index is 0.00809. The summed E-state index contributed by atoms with van der Waals surface area (Å²) in [4.78, 5) is 57.9. The average Bonchev–Trinajstić information content (AvgIpc) is 3.80. The molecule has 3 fully saturated rings. The molecular weight excluding hydrogens is 630 g/mol. The molecule has 0 spiro atoms. The van der Waals surface area contributed by atoms with Gasteiger partial charge in [0.15, 0.2) is 6.61 Å². The number of ether oxygens (including phenoxy) is 2. The Morgan fingerprint density at radius 2 is 1.72 bits per heavy atom. The fourth-order valence-electron chi connectivity index (χ4n) is 8.05. The molecule has 3 aromatic carbocycles. The summed E-state index contributed by atoms with van der Waals surface area (Å²) in [5, 5.41) is 3.65. The number of aromatic amines is 1. The Balaban J connectivity index is 1.07. The summed E-state index contributed by atoms with van der Waals surface area (Å²) < 4.78 is 24.7. The molecule has 2 saturated carbocycles. The predicted molar refractivity (Wildman–Crippen MR) is 171 cm³/mol. The van der Waals surface area contributed by atoms with E-state index in [1.54, 1.807) is 49.2 Å². The number of H-pyrrole nitrogens is 1. The molecule has 2 aliphatic heterocycles. The highest BCUT2D eigenvalue weighted by molar-refractivity contribution is 8.00. The van der Waals surface area contributed by atoms with Crippen LogP contribution in [0.4, 0.5) is 15.8 Å². The van der Waals surface area contributed by atoms with Crippen molar-refractivity contribution >= 4 is 52.2 Å². The van der Waals surface area contributed by atoms with Gasteiger partial charge in [0.05, 0.1) is 29.7 Å². The van der Waals surface area contributed by atoms with Gasteiger partial charge in [0.2, 0.25) is 11.8 Å². The number of nitrogens with one attached hydrogen (secondary N) is 2. The number of imide groups is 1. The van der Waals surface area contributed by atoms with Crippen molar-refractivity contribution in [1.82, 2.24) is 4.98 Å². The maximum absolute atomic E-state index is 13.9. The SMILES string of the molecule is COc1ccc(NC(=O)COc2cccc([C@H]3c4sc(=O)[nH]c4SC4C5CC(C6C(=O)N(c7ccc(F)cc7)C(=O)C56)C43)c2)cc1. The Labute approximate surface area is 271 Å². The zero-order valence-corrected chi connectivity index (χ0v) is 26.1. The Morgan fingerprint density at radius 3 is 2.46 bits per heavy atom. The summed E-state index contributed by atoms with van der Waals surface area (Å²) in [6.45, 7) is -0.199. The van der Waals surface area contributed by atoms with Crippen molar-refractivity contribution in [3.05, 3.63) is 98.7 Å². The van der Waals surface area contributed by atoms with E-state index < -0.39 is 17.7 Å². The number of rotatable bonds is 7. The van der Waals surface area contributed by atoms with Crippen molar-refractivity contribution in [3.8, 4) is 11.5 Å². The Morgan fingerprint density at radius 1 is 0.978 bits per heavy atom. The van der Waals surface area contributed by atoms with Gasteiger partial charge in [0, 0.05) is 21.7 Å². The molecule has 1 saturated heterocycles. The van der Waals surface area contributed by atoms with Crippen LogP contribution in [0.3, 0.4) is 0 Å². The summed E-state index contributed by atoms with van der Waals surface area (Å²) in [5.74, 6) is -1.20. The van der Waals surface area contributed by atoms with Crippen LogP contribution in [0.1, 0.15) is 22.8 Å². The fourth-order valence-corrected chi connectivity index (χ4v) is 10.9. The second-order valence-electron chi connectivity index (χ2n) is 12.1. The van der Waals surface area contributed by atoms with Gasteiger partial charge in [-0.25, -0.2) is 4.39 Å². The van der Waals surface area contributed by atoms with Crippen LogP contribution >= 0.6 is 23.1 Å². The van der Waals surface area contributed by atoms with E-state index in [4.69, 9.17) is 9.47 Å². The second-order valence-corrected chi connectivity index (χ2v) is 14.3. The number of benzene rings is 3. The lowest BCUT2D eigenvalue weighted by Gasteiger charge is -2.43. The first-order chi connectivity index (χ1) is 22.3. The molecule has 7 atom stereocenters. The van der Waals surface area contributed by atoms with Crippen LogP contribution in [0.15, 0.2) is 82.6 Å². The molecular formula is C34H28FN3O6S2. The van der Waals surface area contributed by atoms with Crippen LogP contribution in [-0.4, -0.2) is 41.7 Å². The van der Waals surface area contributed by atoms with E-state index in [1.165, 1.54) is 40.5 Å². The van der Waals surface area contributed by atoms with E-state index in [9.17, 15) is 23.6 Å². The standard InChI is InChI=1S/C34H28FN3O6S2/c1-43-20-11-7-18(8-12-20)36-24(39)15-44-21-4-2-3-16(13-21)25-26-22-14-23(29(26)45-31-30(25)46-34(42)37-31)28-27(22)32(40)38(33(28)41)19-9-5-17(35)6-10-19/h2-13,22-23,25-29H,14-15H2,1H3,(H,36,39)(H,37,42)/t22?,23?,25-,26?,27?,28?,29?/m1/s1. The Hall–Kier alpha value is -4.42. The normalized spacial score (nSPS) is 27.3. The van der Waals surface area contributed by atoms with Gasteiger partial charge in [0.1, 0.15) is 17.3 Å². The lowest BCUT2D eigenvalue weighted by atomic mass is 9.68. The number of thioether (sulfide) groups is 1. The first-order valence-electron chi connectivity index (χ1n) is 15.0. The number of hydrogen-bond acceptors (Lipinski definition) is 8. The van der Waals surface area contributed by atoms with Crippen molar-refractivity contribution in [1.29, 1.82) is 0 Å². The number of carbonyl (C=O) groups is 3. The molecule has 4 aliphatic rings. The molecule has 234 valence electrons. The van der Waals surface area contributed by atoms with Gasteiger partial charge in [-0.2, -0.15) is 0 Å². The van der Waals surface area contributed by atoms with Crippen molar-refractivity contribution < 1.29 is 28.2 Å². The van der Waals surface area contributed by atoms with Crippen molar-refractivity contribution in [3.63, 3.8) is 0 Å². The van der Waals surface area contributed by atoms with Crippen LogP contribution in [0.2, 0.25) is 0 Å². The predicted octanol–water partition coefficient (Wildman–Crippen LogP) is 5.28.